The summed E-state index contributed by atoms with van der Waals surface area (Å²) in [5, 5.41) is 5.00. The van der Waals surface area contributed by atoms with Crippen LogP contribution in [0.15, 0.2) is 10.8 Å². The van der Waals surface area contributed by atoms with Gasteiger partial charge in [0.25, 0.3) is 0 Å². The van der Waals surface area contributed by atoms with Crippen LogP contribution >= 0.6 is 15.9 Å². The van der Waals surface area contributed by atoms with E-state index in [9.17, 15) is 18.0 Å². The summed E-state index contributed by atoms with van der Waals surface area (Å²) in [6.07, 6.45) is 1.34. The number of ether oxygens (including phenoxy) is 1. The maximum Gasteiger partial charge on any atom is 0.360 e. The summed E-state index contributed by atoms with van der Waals surface area (Å²) >= 11 is 3.09. The minimum atomic E-state index is -3.69. The first-order valence-corrected chi connectivity index (χ1v) is 8.64. The monoisotopic (exact) mass is 392 g/mol. The van der Waals surface area contributed by atoms with Gasteiger partial charge in [0.15, 0.2) is 11.5 Å². The number of anilines is 1. The number of hydrogen-bond donors (Lipinski definition) is 1. The smallest absolute Gasteiger partial charge is 0.360 e. The molecule has 1 amide bonds. The predicted molar refractivity (Wildman–Crippen MR) is 79.5 cm³/mol. The summed E-state index contributed by atoms with van der Waals surface area (Å²) in [6, 6.07) is 0. The average molecular weight is 393 g/mol. The maximum absolute atomic E-state index is 12.1. The van der Waals surface area contributed by atoms with Crippen LogP contribution in [0, 0.1) is 5.92 Å². The van der Waals surface area contributed by atoms with Gasteiger partial charge in [0, 0.05) is 18.9 Å². The zero-order valence-corrected chi connectivity index (χ0v) is 13.9. The van der Waals surface area contributed by atoms with Gasteiger partial charge in [-0.3, -0.25) is 9.69 Å². The van der Waals surface area contributed by atoms with Crippen molar-refractivity contribution in [2.24, 2.45) is 11.1 Å². The van der Waals surface area contributed by atoms with Gasteiger partial charge in [-0.05, 0) is 15.9 Å². The van der Waals surface area contributed by atoms with Gasteiger partial charge in [-0.25, -0.2) is 28.3 Å². The first-order chi connectivity index (χ1) is 10.2. The lowest BCUT2D eigenvalue weighted by Gasteiger charge is -2.17. The number of methoxy groups -OCH3 is 1. The molecule has 1 unspecified atom stereocenters. The predicted octanol–water partition coefficient (Wildman–Crippen LogP) is -0.333. The van der Waals surface area contributed by atoms with Crippen molar-refractivity contribution in [3.63, 3.8) is 0 Å². The van der Waals surface area contributed by atoms with Crippen LogP contribution in [-0.2, 0) is 19.6 Å². The highest BCUT2D eigenvalue weighted by Crippen LogP contribution is 2.27. The second kappa shape index (κ2) is 6.26. The number of nitrogens with two attached hydrogens (primary N) is 1. The van der Waals surface area contributed by atoms with Crippen molar-refractivity contribution in [1.82, 2.24) is 9.97 Å². The molecule has 1 aliphatic heterocycles. The second-order valence-corrected chi connectivity index (χ2v) is 7.23. The molecular weight excluding hydrogens is 380 g/mol. The Hall–Kier alpha value is -1.59. The quantitative estimate of drug-likeness (QED) is 0.693. The molecule has 9 nitrogen and oxygen atoms in total. The Balaban J connectivity index is 2.32. The summed E-state index contributed by atoms with van der Waals surface area (Å²) in [4.78, 5) is 33.1. The Labute approximate surface area is 135 Å². The fraction of sp³-hybridized carbons (Fsp3) is 0.455. The molecule has 11 heteroatoms. The first kappa shape index (κ1) is 16.8. The number of carbonyl (C=O) groups is 2. The van der Waals surface area contributed by atoms with Crippen LogP contribution in [0.4, 0.5) is 5.82 Å². The molecule has 1 aromatic heterocycles. The second-order valence-electron chi connectivity index (χ2n) is 4.76. The Morgan fingerprint density at radius 3 is 2.86 bits per heavy atom. The van der Waals surface area contributed by atoms with Gasteiger partial charge < -0.3 is 4.74 Å². The molecule has 1 fully saturated rings. The molecule has 0 bridgehead atoms. The number of nitrogens with zero attached hydrogens (tertiary/aromatic N) is 3. The van der Waals surface area contributed by atoms with Gasteiger partial charge in [0.05, 0.1) is 19.1 Å². The molecule has 0 aliphatic carbocycles. The van der Waals surface area contributed by atoms with Crippen LogP contribution in [0.3, 0.4) is 0 Å². The van der Waals surface area contributed by atoms with Crippen molar-refractivity contribution in [2.45, 2.75) is 6.42 Å². The molecule has 120 valence electrons. The summed E-state index contributed by atoms with van der Waals surface area (Å²) in [7, 11) is -2.50. The number of primary sulfonamides is 1. The molecular formula is C11H13BrN4O5S. The molecule has 2 N–H and O–H groups in total. The van der Waals surface area contributed by atoms with E-state index in [-0.39, 0.29) is 36.1 Å². The molecule has 1 aromatic rings. The third-order valence-electron chi connectivity index (χ3n) is 3.03. The van der Waals surface area contributed by atoms with Gasteiger partial charge in [-0.1, -0.05) is 0 Å². The molecule has 1 atom stereocenters. The first-order valence-electron chi connectivity index (χ1n) is 6.13. The van der Waals surface area contributed by atoms with Crippen LogP contribution < -0.4 is 10.0 Å². The number of aromatic nitrogens is 2. The zero-order valence-electron chi connectivity index (χ0n) is 11.5. The van der Waals surface area contributed by atoms with Gasteiger partial charge in [-0.2, -0.15) is 0 Å². The van der Waals surface area contributed by atoms with E-state index in [0.717, 1.165) is 0 Å². The third-order valence-corrected chi connectivity index (χ3v) is 4.35. The molecule has 2 heterocycles. The highest BCUT2D eigenvalue weighted by Gasteiger charge is 2.36. The Bertz CT molecular complexity index is 723. The Kier molecular flexibility index (Phi) is 4.78. The van der Waals surface area contributed by atoms with Crippen molar-refractivity contribution in [2.75, 3.05) is 24.3 Å². The number of sulfonamides is 1. The lowest BCUT2D eigenvalue weighted by molar-refractivity contribution is -0.117. The number of rotatable bonds is 4. The minimum Gasteiger partial charge on any atom is -0.464 e. The van der Waals surface area contributed by atoms with Crippen molar-refractivity contribution < 1.29 is 22.7 Å². The lowest BCUT2D eigenvalue weighted by atomic mass is 10.1. The van der Waals surface area contributed by atoms with Crippen molar-refractivity contribution in [3.8, 4) is 0 Å². The number of amides is 1. The molecule has 1 aliphatic rings. The molecule has 0 spiro atoms. The minimum absolute atomic E-state index is 0.00872. The SMILES string of the molecule is COC(=O)c1nc(Br)cnc1N1CC(CS(N)(=O)=O)CC1=O. The van der Waals surface area contributed by atoms with E-state index in [1.807, 2.05) is 0 Å². The largest absolute Gasteiger partial charge is 0.464 e. The topological polar surface area (TPSA) is 133 Å². The summed E-state index contributed by atoms with van der Waals surface area (Å²) < 4.78 is 27.2. The fourth-order valence-electron chi connectivity index (χ4n) is 2.22. The number of halogens is 1. The van der Waals surface area contributed by atoms with Gasteiger partial charge in [-0.15, -0.1) is 0 Å². The molecule has 0 saturated carbocycles. The van der Waals surface area contributed by atoms with Crippen molar-refractivity contribution in [3.05, 3.63) is 16.5 Å². The summed E-state index contributed by atoms with van der Waals surface area (Å²) in [6.45, 7) is 0.0928. The summed E-state index contributed by atoms with van der Waals surface area (Å²) in [5.74, 6) is -1.83. The van der Waals surface area contributed by atoms with Crippen LogP contribution in [-0.4, -0.2) is 49.7 Å². The van der Waals surface area contributed by atoms with E-state index in [1.165, 1.54) is 18.2 Å². The van der Waals surface area contributed by atoms with E-state index in [4.69, 9.17) is 5.14 Å². The Morgan fingerprint density at radius 2 is 2.27 bits per heavy atom. The lowest BCUT2D eigenvalue weighted by Crippen LogP contribution is -2.30. The third kappa shape index (κ3) is 3.78. The molecule has 0 aromatic carbocycles. The van der Waals surface area contributed by atoms with Crippen LogP contribution in [0.1, 0.15) is 16.9 Å². The number of hydrogen-bond acceptors (Lipinski definition) is 7. The van der Waals surface area contributed by atoms with Crippen LogP contribution in [0.5, 0.6) is 0 Å². The van der Waals surface area contributed by atoms with Crippen LogP contribution in [0.2, 0.25) is 0 Å². The summed E-state index contributed by atoms with van der Waals surface area (Å²) in [5.41, 5.74) is -0.124. The highest BCUT2D eigenvalue weighted by molar-refractivity contribution is 9.10. The standard InChI is InChI=1S/C11H13BrN4O5S/c1-21-11(18)9-10(14-3-7(12)15-9)16-4-6(2-8(16)17)5-22(13,19)20/h3,6H,2,4-5H2,1H3,(H2,13,19,20). The fourth-order valence-corrected chi connectivity index (χ4v) is 3.38. The molecule has 22 heavy (non-hydrogen) atoms. The normalized spacial score (nSPS) is 18.6. The Morgan fingerprint density at radius 1 is 1.59 bits per heavy atom. The number of carbonyl (C=O) groups excluding carboxylic acids is 2. The zero-order chi connectivity index (χ0) is 16.5. The maximum atomic E-state index is 12.1. The number of esters is 1. The van der Waals surface area contributed by atoms with Crippen molar-refractivity contribution >= 4 is 43.6 Å². The van der Waals surface area contributed by atoms with Crippen molar-refractivity contribution in [1.29, 1.82) is 0 Å². The van der Waals surface area contributed by atoms with E-state index in [1.54, 1.807) is 0 Å². The highest BCUT2D eigenvalue weighted by atomic mass is 79.9. The van der Waals surface area contributed by atoms with E-state index < -0.39 is 21.9 Å². The average Bonchev–Trinajstić information content (AvgIpc) is 2.76. The van der Waals surface area contributed by atoms with Gasteiger partial charge in [0.1, 0.15) is 4.60 Å². The molecule has 2 rings (SSSR count). The van der Waals surface area contributed by atoms with E-state index in [0.29, 0.717) is 4.60 Å². The van der Waals surface area contributed by atoms with E-state index >= 15 is 0 Å². The van der Waals surface area contributed by atoms with Crippen LogP contribution in [0.25, 0.3) is 0 Å². The van der Waals surface area contributed by atoms with E-state index in [2.05, 4.69) is 30.6 Å². The molecule has 0 radical (unpaired) electrons. The van der Waals surface area contributed by atoms with Gasteiger partial charge >= 0.3 is 5.97 Å². The molecule has 1 saturated heterocycles. The van der Waals surface area contributed by atoms with Gasteiger partial charge in [0.2, 0.25) is 15.9 Å².